The molecule has 226 valence electrons. The highest BCUT2D eigenvalue weighted by Gasteiger charge is 2.50. The van der Waals surface area contributed by atoms with Crippen molar-refractivity contribution in [1.82, 2.24) is 15.5 Å². The number of carbonyl (C=O) groups excluding carboxylic acids is 3. The summed E-state index contributed by atoms with van der Waals surface area (Å²) in [5.74, 6) is -0.745. The van der Waals surface area contributed by atoms with E-state index in [4.69, 9.17) is 14.2 Å². The van der Waals surface area contributed by atoms with Crippen LogP contribution >= 0.6 is 11.8 Å². The first-order chi connectivity index (χ1) is 20.2. The molecule has 10 nitrogen and oxygen atoms in total. The van der Waals surface area contributed by atoms with Gasteiger partial charge < -0.3 is 34.9 Å². The van der Waals surface area contributed by atoms with E-state index >= 15 is 0 Å². The Balaban J connectivity index is 1.28. The number of fused-ring (bicyclic) bond motifs is 1. The number of thioether (sulfide) groups is 1. The van der Waals surface area contributed by atoms with Crippen LogP contribution in [0.25, 0.3) is 0 Å². The molecule has 2 aromatic carbocycles. The number of hydrogen-bond acceptors (Lipinski definition) is 8. The van der Waals surface area contributed by atoms with Crippen LogP contribution in [-0.2, 0) is 36.8 Å². The van der Waals surface area contributed by atoms with Gasteiger partial charge in [-0.15, -0.1) is 11.8 Å². The Kier molecular flexibility index (Phi) is 9.72. The molecule has 3 aliphatic heterocycles. The maximum Gasteiger partial charge on any atom is 0.407 e. The lowest BCUT2D eigenvalue weighted by Crippen LogP contribution is -2.58. The monoisotopic (exact) mass is 597 g/mol. The molecule has 2 aromatic rings. The quantitative estimate of drug-likeness (QED) is 0.403. The molecule has 5 rings (SSSR count). The molecule has 0 unspecified atom stereocenters. The van der Waals surface area contributed by atoms with Gasteiger partial charge in [0.15, 0.2) is 12.4 Å². The number of ether oxygens (including phenoxy) is 3. The van der Waals surface area contributed by atoms with Crippen LogP contribution in [0.15, 0.2) is 60.7 Å². The van der Waals surface area contributed by atoms with E-state index in [-0.39, 0.29) is 37.0 Å². The molecule has 42 heavy (non-hydrogen) atoms. The van der Waals surface area contributed by atoms with Crippen LogP contribution in [0, 0.1) is 5.92 Å². The molecule has 3 amide bonds. The van der Waals surface area contributed by atoms with E-state index in [1.807, 2.05) is 74.5 Å². The van der Waals surface area contributed by atoms with Crippen molar-refractivity contribution in [2.24, 2.45) is 5.92 Å². The van der Waals surface area contributed by atoms with Gasteiger partial charge in [-0.2, -0.15) is 0 Å². The highest BCUT2D eigenvalue weighted by atomic mass is 32.2. The minimum absolute atomic E-state index is 0.0531. The lowest BCUT2D eigenvalue weighted by Gasteiger charge is -2.33. The number of aliphatic hydroxyl groups is 1. The van der Waals surface area contributed by atoms with Gasteiger partial charge in [0.1, 0.15) is 12.1 Å². The number of nitrogens with zero attached hydrogens (tertiary/aromatic N) is 1. The second-order valence-corrected chi connectivity index (χ2v) is 13.1. The Hall–Kier alpha value is -3.12. The van der Waals surface area contributed by atoms with Gasteiger partial charge in [0.2, 0.25) is 5.91 Å². The van der Waals surface area contributed by atoms with Gasteiger partial charge in [-0.25, -0.2) is 4.79 Å². The number of carbonyl (C=O) groups is 3. The highest BCUT2D eigenvalue weighted by molar-refractivity contribution is 8.00. The van der Waals surface area contributed by atoms with Gasteiger partial charge in [0.25, 0.3) is 5.91 Å². The topological polar surface area (TPSA) is 126 Å². The molecule has 0 aliphatic carbocycles. The first kappa shape index (κ1) is 30.3. The van der Waals surface area contributed by atoms with E-state index < -0.39 is 41.0 Å². The Morgan fingerprint density at radius 3 is 2.48 bits per heavy atom. The molecular formula is C31H39N3O7S. The van der Waals surface area contributed by atoms with E-state index in [0.29, 0.717) is 13.2 Å². The van der Waals surface area contributed by atoms with E-state index in [1.54, 1.807) is 0 Å². The summed E-state index contributed by atoms with van der Waals surface area (Å²) >= 11 is 1.47. The first-order valence-corrected chi connectivity index (χ1v) is 15.4. The molecule has 3 heterocycles. The van der Waals surface area contributed by atoms with Crippen LogP contribution < -0.4 is 10.6 Å². The Labute approximate surface area is 250 Å². The van der Waals surface area contributed by atoms with Gasteiger partial charge in [0, 0.05) is 23.8 Å². The van der Waals surface area contributed by atoms with Crippen LogP contribution in [0.5, 0.6) is 0 Å². The molecule has 6 atom stereocenters. The second kappa shape index (κ2) is 13.5. The number of hydrogen-bond donors (Lipinski definition) is 3. The van der Waals surface area contributed by atoms with Gasteiger partial charge in [-0.1, -0.05) is 60.7 Å². The van der Waals surface area contributed by atoms with Crippen molar-refractivity contribution in [1.29, 1.82) is 0 Å². The average Bonchev–Trinajstić information content (AvgIpc) is 3.55. The predicted octanol–water partition coefficient (Wildman–Crippen LogP) is 2.83. The summed E-state index contributed by atoms with van der Waals surface area (Å²) in [6.45, 7) is 4.99. The summed E-state index contributed by atoms with van der Waals surface area (Å²) in [7, 11) is 0. The fourth-order valence-electron chi connectivity index (χ4n) is 5.81. The van der Waals surface area contributed by atoms with E-state index in [1.165, 1.54) is 16.7 Å². The SMILES string of the molecule is CC1(C)SCN(C(=O)[C@@H](O)[C@H](Cc2ccccc2)NC(=O)O[C@H]2CO[C@H]3OCCC[C@H]32)[C@@H]1C(=O)NCc1ccccc1. The van der Waals surface area contributed by atoms with Gasteiger partial charge >= 0.3 is 6.09 Å². The molecule has 3 saturated heterocycles. The predicted molar refractivity (Wildman–Crippen MR) is 157 cm³/mol. The first-order valence-electron chi connectivity index (χ1n) is 14.4. The molecule has 0 spiro atoms. The largest absolute Gasteiger partial charge is 0.443 e. The van der Waals surface area contributed by atoms with Crippen LogP contribution in [0.2, 0.25) is 0 Å². The van der Waals surface area contributed by atoms with E-state index in [2.05, 4.69) is 10.6 Å². The van der Waals surface area contributed by atoms with Crippen molar-refractivity contribution in [3.05, 3.63) is 71.8 Å². The second-order valence-electron chi connectivity index (χ2n) is 11.5. The minimum atomic E-state index is -1.61. The van der Waals surface area contributed by atoms with Crippen LogP contribution in [0.4, 0.5) is 4.79 Å². The fraction of sp³-hybridized carbons (Fsp3) is 0.516. The van der Waals surface area contributed by atoms with Crippen molar-refractivity contribution in [3.8, 4) is 0 Å². The summed E-state index contributed by atoms with van der Waals surface area (Å²) in [5, 5.41) is 17.1. The smallest absolute Gasteiger partial charge is 0.407 e. The standard InChI is InChI=1S/C31H39N3O7S/c1-31(2)26(27(36)32-17-21-12-7-4-8-13-21)34(19-42-31)28(37)25(35)23(16-20-10-5-3-6-11-20)33-30(38)41-24-18-40-29-22(24)14-9-15-39-29/h3-8,10-13,22-26,29,35H,9,14-19H2,1-2H3,(H,32,36)(H,33,38)/t22-,23-,24-,25-,26+,29+/m0/s1. The molecule has 0 radical (unpaired) electrons. The van der Waals surface area contributed by atoms with Crippen molar-refractivity contribution < 1.29 is 33.7 Å². The summed E-state index contributed by atoms with van der Waals surface area (Å²) in [6, 6.07) is 17.0. The van der Waals surface area contributed by atoms with Crippen LogP contribution in [0.1, 0.15) is 37.8 Å². The minimum Gasteiger partial charge on any atom is -0.443 e. The molecular weight excluding hydrogens is 558 g/mol. The van der Waals surface area contributed by atoms with Crippen molar-refractivity contribution in [3.63, 3.8) is 0 Å². The highest BCUT2D eigenvalue weighted by Crippen LogP contribution is 2.40. The number of aliphatic hydroxyl groups excluding tert-OH is 1. The maximum absolute atomic E-state index is 13.8. The zero-order valence-electron chi connectivity index (χ0n) is 23.9. The third-order valence-corrected chi connectivity index (χ3v) is 9.47. The molecule has 11 heteroatoms. The lowest BCUT2D eigenvalue weighted by molar-refractivity contribution is -0.152. The molecule has 0 aromatic heterocycles. The molecule has 3 N–H and O–H groups in total. The number of alkyl carbamates (subject to hydrolysis) is 1. The van der Waals surface area contributed by atoms with E-state index in [0.717, 1.165) is 24.0 Å². The fourth-order valence-corrected chi connectivity index (χ4v) is 6.96. The third kappa shape index (κ3) is 7.08. The van der Waals surface area contributed by atoms with Crippen LogP contribution in [-0.4, -0.2) is 82.3 Å². The van der Waals surface area contributed by atoms with Crippen molar-refractivity contribution in [2.45, 2.75) is 75.0 Å². The van der Waals surface area contributed by atoms with Gasteiger partial charge in [-0.05, 0) is 44.2 Å². The Bertz CT molecular complexity index is 1230. The average molecular weight is 598 g/mol. The summed E-state index contributed by atoms with van der Waals surface area (Å²) in [5.41, 5.74) is 1.77. The van der Waals surface area contributed by atoms with Gasteiger partial charge in [-0.3, -0.25) is 9.59 Å². The summed E-state index contributed by atoms with van der Waals surface area (Å²) in [4.78, 5) is 41.7. The van der Waals surface area contributed by atoms with Crippen LogP contribution in [0.3, 0.4) is 0 Å². The number of amides is 3. The normalized spacial score (nSPS) is 26.1. The molecule has 0 saturated carbocycles. The Morgan fingerprint density at radius 2 is 1.76 bits per heavy atom. The zero-order valence-corrected chi connectivity index (χ0v) is 24.8. The number of nitrogens with one attached hydrogen (secondary N) is 2. The Morgan fingerprint density at radius 1 is 1.07 bits per heavy atom. The zero-order chi connectivity index (χ0) is 29.7. The molecule has 3 aliphatic rings. The lowest BCUT2D eigenvalue weighted by atomic mass is 9.96. The molecule has 3 fully saturated rings. The van der Waals surface area contributed by atoms with E-state index in [9.17, 15) is 19.5 Å². The summed E-state index contributed by atoms with van der Waals surface area (Å²) in [6.07, 6.45) is -1.33. The number of benzene rings is 2. The van der Waals surface area contributed by atoms with Gasteiger partial charge in [0.05, 0.1) is 18.5 Å². The van der Waals surface area contributed by atoms with Crippen molar-refractivity contribution >= 4 is 29.7 Å². The third-order valence-electron chi connectivity index (χ3n) is 8.10. The molecule has 0 bridgehead atoms. The summed E-state index contributed by atoms with van der Waals surface area (Å²) < 4.78 is 16.4. The number of rotatable bonds is 9. The maximum atomic E-state index is 13.8. The van der Waals surface area contributed by atoms with Crippen molar-refractivity contribution in [2.75, 3.05) is 19.1 Å².